The van der Waals surface area contributed by atoms with Crippen LogP contribution in [-0.2, 0) is 0 Å². The molecule has 0 saturated heterocycles. The highest BCUT2D eigenvalue weighted by Gasteiger charge is 2.16. The highest BCUT2D eigenvalue weighted by atomic mass is 16.1. The summed E-state index contributed by atoms with van der Waals surface area (Å²) < 4.78 is 0. The van der Waals surface area contributed by atoms with Crippen LogP contribution in [0.5, 0.6) is 0 Å². The third-order valence-electron chi connectivity index (χ3n) is 3.05. The van der Waals surface area contributed by atoms with E-state index in [1.54, 1.807) is 7.28 Å². The fourth-order valence-electron chi connectivity index (χ4n) is 2.19. The Hall–Kier alpha value is -1.33. The number of carbonyl (C=O) groups excluding carboxylic acids is 1. The van der Waals surface area contributed by atoms with Crippen LogP contribution in [0.4, 0.5) is 4.79 Å². The lowest BCUT2D eigenvalue weighted by Crippen LogP contribution is -2.41. The summed E-state index contributed by atoms with van der Waals surface area (Å²) in [5.41, 5.74) is 0.968. The molecule has 1 saturated carbocycles. The second kappa shape index (κ2) is 8.72. The van der Waals surface area contributed by atoms with Crippen LogP contribution in [0.1, 0.15) is 32.1 Å². The highest BCUT2D eigenvalue weighted by Crippen LogP contribution is 2.17. The van der Waals surface area contributed by atoms with Crippen molar-refractivity contribution in [1.29, 1.82) is 0 Å². The lowest BCUT2D eigenvalue weighted by molar-refractivity contribution is 0.251. The molecule has 0 heterocycles. The van der Waals surface area contributed by atoms with Gasteiger partial charge in [-0.25, -0.2) is 0 Å². The summed E-state index contributed by atoms with van der Waals surface area (Å²) in [6.45, 7) is 0. The lowest BCUT2D eigenvalue weighted by atomic mass is 9.69. The van der Waals surface area contributed by atoms with Crippen LogP contribution in [0, 0.1) is 0 Å². The molecule has 1 radical (unpaired) electrons. The standard InChI is InChI=1S/C13H17BNO.2H2O/c16-13(14-11-7-3-1-4-8-11)15-12-9-5-2-6-10-12;;/h1,3-4,7-8,12H,2,5-6,9-10H2,(H,15,16);2*1H2. The molecule has 0 aliphatic heterocycles. The Balaban J connectivity index is 0.00000144. The molecule has 1 aromatic carbocycles. The molecule has 0 unspecified atom stereocenters. The lowest BCUT2D eigenvalue weighted by Gasteiger charge is -2.22. The van der Waals surface area contributed by atoms with Crippen molar-refractivity contribution in [3.63, 3.8) is 0 Å². The average molecular weight is 250 g/mol. The van der Waals surface area contributed by atoms with E-state index in [2.05, 4.69) is 5.32 Å². The minimum atomic E-state index is 0. The second-order valence-electron chi connectivity index (χ2n) is 4.40. The van der Waals surface area contributed by atoms with Gasteiger partial charge in [-0.3, -0.25) is 4.79 Å². The first kappa shape index (κ1) is 16.7. The van der Waals surface area contributed by atoms with Gasteiger partial charge in [0.2, 0.25) is 0 Å². The average Bonchev–Trinajstić information content (AvgIpc) is 2.31. The first-order valence-corrected chi connectivity index (χ1v) is 6.05. The summed E-state index contributed by atoms with van der Waals surface area (Å²) in [6, 6.07) is 10.1. The van der Waals surface area contributed by atoms with Gasteiger partial charge >= 0.3 is 0 Å². The third kappa shape index (κ3) is 5.34. The topological polar surface area (TPSA) is 92.1 Å². The zero-order chi connectivity index (χ0) is 11.2. The van der Waals surface area contributed by atoms with Gasteiger partial charge in [-0.2, -0.15) is 0 Å². The van der Waals surface area contributed by atoms with E-state index in [0.717, 1.165) is 18.3 Å². The summed E-state index contributed by atoms with van der Waals surface area (Å²) in [4.78, 5) is 11.7. The number of amides is 1. The Morgan fingerprint density at radius 2 is 1.67 bits per heavy atom. The molecule has 18 heavy (non-hydrogen) atoms. The van der Waals surface area contributed by atoms with E-state index in [4.69, 9.17) is 0 Å². The Morgan fingerprint density at radius 1 is 1.06 bits per heavy atom. The molecule has 1 fully saturated rings. The molecule has 1 aliphatic carbocycles. The number of hydrogen-bond acceptors (Lipinski definition) is 1. The second-order valence-corrected chi connectivity index (χ2v) is 4.40. The van der Waals surface area contributed by atoms with Gasteiger partial charge in [-0.1, -0.05) is 55.1 Å². The SMILES string of the molecule is O.O.O=C([B]c1ccccc1)NC1CCCCC1. The first-order chi connectivity index (χ1) is 7.84. The number of nitrogens with one attached hydrogen (secondary N) is 1. The number of carbonyl (C=O) groups is 1. The molecule has 99 valence electrons. The minimum Gasteiger partial charge on any atom is -0.412 e. The van der Waals surface area contributed by atoms with Crippen molar-refractivity contribution in [2.45, 2.75) is 38.1 Å². The largest absolute Gasteiger partial charge is 0.412 e. The molecule has 2 rings (SSSR count). The van der Waals surface area contributed by atoms with E-state index >= 15 is 0 Å². The van der Waals surface area contributed by atoms with Crippen LogP contribution < -0.4 is 10.8 Å². The normalized spacial score (nSPS) is 14.9. The molecular weight excluding hydrogens is 229 g/mol. The van der Waals surface area contributed by atoms with Gasteiger partial charge in [-0.15, -0.1) is 0 Å². The zero-order valence-corrected chi connectivity index (χ0v) is 10.5. The Bertz CT molecular complexity index is 339. The molecule has 5 N–H and O–H groups in total. The molecule has 4 nitrogen and oxygen atoms in total. The van der Waals surface area contributed by atoms with E-state index in [1.807, 2.05) is 30.3 Å². The molecule has 1 amide bonds. The van der Waals surface area contributed by atoms with E-state index in [9.17, 15) is 4.79 Å². The summed E-state index contributed by atoms with van der Waals surface area (Å²) in [5, 5.41) is 3.07. The van der Waals surface area contributed by atoms with Crippen LogP contribution in [-0.4, -0.2) is 30.1 Å². The zero-order valence-electron chi connectivity index (χ0n) is 10.5. The Labute approximate surface area is 109 Å². The predicted octanol–water partition coefficient (Wildman–Crippen LogP) is 0.409. The van der Waals surface area contributed by atoms with Gasteiger partial charge in [0, 0.05) is 6.04 Å². The van der Waals surface area contributed by atoms with Crippen molar-refractivity contribution in [3.05, 3.63) is 30.3 Å². The number of rotatable bonds is 3. The molecule has 5 heteroatoms. The molecule has 1 aromatic rings. The summed E-state index contributed by atoms with van der Waals surface area (Å²) in [7, 11) is 1.68. The van der Waals surface area contributed by atoms with Crippen LogP contribution in [0.15, 0.2) is 30.3 Å². The van der Waals surface area contributed by atoms with E-state index < -0.39 is 0 Å². The predicted molar refractivity (Wildman–Crippen MR) is 74.5 cm³/mol. The summed E-state index contributed by atoms with van der Waals surface area (Å²) in [6.07, 6.45) is 6.07. The van der Waals surface area contributed by atoms with E-state index in [0.29, 0.717) is 6.04 Å². The van der Waals surface area contributed by atoms with Crippen LogP contribution in [0.2, 0.25) is 0 Å². The van der Waals surface area contributed by atoms with Crippen molar-refractivity contribution in [2.24, 2.45) is 0 Å². The maximum absolute atomic E-state index is 11.7. The smallest absolute Gasteiger partial charge is 0.271 e. The summed E-state index contributed by atoms with van der Waals surface area (Å²) in [5.74, 6) is 0.0399. The van der Waals surface area contributed by atoms with Crippen molar-refractivity contribution in [1.82, 2.24) is 5.32 Å². The van der Waals surface area contributed by atoms with Crippen molar-refractivity contribution < 1.29 is 15.7 Å². The molecule has 0 aromatic heterocycles. The van der Waals surface area contributed by atoms with Gasteiger partial charge in [0.05, 0.1) is 0 Å². The molecular formula is C13H21BNO3. The van der Waals surface area contributed by atoms with E-state index in [-0.39, 0.29) is 16.8 Å². The van der Waals surface area contributed by atoms with Gasteiger partial charge in [-0.05, 0) is 12.8 Å². The maximum atomic E-state index is 11.7. The Kier molecular flexibility index (Phi) is 8.08. The number of benzene rings is 1. The minimum absolute atomic E-state index is 0. The third-order valence-corrected chi connectivity index (χ3v) is 3.05. The number of hydrogen-bond donors (Lipinski definition) is 1. The fraction of sp³-hybridized carbons (Fsp3) is 0.462. The maximum Gasteiger partial charge on any atom is 0.271 e. The molecule has 1 aliphatic rings. The molecule has 0 atom stereocenters. The quantitative estimate of drug-likeness (QED) is 0.773. The van der Waals surface area contributed by atoms with Gasteiger partial charge in [0.15, 0.2) is 5.81 Å². The van der Waals surface area contributed by atoms with Crippen molar-refractivity contribution in [3.8, 4) is 0 Å². The van der Waals surface area contributed by atoms with Crippen molar-refractivity contribution in [2.75, 3.05) is 0 Å². The molecule has 0 bridgehead atoms. The fourth-order valence-corrected chi connectivity index (χ4v) is 2.19. The first-order valence-electron chi connectivity index (χ1n) is 6.05. The monoisotopic (exact) mass is 250 g/mol. The van der Waals surface area contributed by atoms with Crippen LogP contribution >= 0.6 is 0 Å². The molecule has 0 spiro atoms. The summed E-state index contributed by atoms with van der Waals surface area (Å²) >= 11 is 0. The van der Waals surface area contributed by atoms with Gasteiger partial charge < -0.3 is 16.3 Å². The highest BCUT2D eigenvalue weighted by molar-refractivity contribution is 6.83. The van der Waals surface area contributed by atoms with Gasteiger partial charge in [0.25, 0.3) is 7.28 Å². The van der Waals surface area contributed by atoms with Crippen molar-refractivity contribution >= 4 is 18.5 Å². The van der Waals surface area contributed by atoms with Gasteiger partial charge in [0.1, 0.15) is 0 Å². The van der Waals surface area contributed by atoms with Crippen LogP contribution in [0.25, 0.3) is 0 Å². The Morgan fingerprint density at radius 3 is 2.28 bits per heavy atom. The van der Waals surface area contributed by atoms with Crippen LogP contribution in [0.3, 0.4) is 0 Å². The van der Waals surface area contributed by atoms with E-state index in [1.165, 1.54) is 19.3 Å².